The summed E-state index contributed by atoms with van der Waals surface area (Å²) in [6, 6.07) is 4.17. The van der Waals surface area contributed by atoms with Gasteiger partial charge in [-0.05, 0) is 37.8 Å². The maximum absolute atomic E-state index is 12.7. The molecule has 1 aromatic rings. The zero-order chi connectivity index (χ0) is 17.6. The summed E-state index contributed by atoms with van der Waals surface area (Å²) in [7, 11) is 0. The van der Waals surface area contributed by atoms with E-state index < -0.39 is 0 Å². The van der Waals surface area contributed by atoms with E-state index in [1.165, 1.54) is 0 Å². The van der Waals surface area contributed by atoms with Crippen LogP contribution in [0.25, 0.3) is 0 Å². The second kappa shape index (κ2) is 8.94. The predicted octanol–water partition coefficient (Wildman–Crippen LogP) is 1.57. The van der Waals surface area contributed by atoms with E-state index in [0.717, 1.165) is 52.0 Å². The number of amides is 1. The Balaban J connectivity index is 1.59. The van der Waals surface area contributed by atoms with Crippen molar-refractivity contribution >= 4 is 17.5 Å². The summed E-state index contributed by atoms with van der Waals surface area (Å²) in [5, 5.41) is 3.58. The van der Waals surface area contributed by atoms with Crippen molar-refractivity contribution in [2.24, 2.45) is 11.7 Å². The number of nitrogens with two attached hydrogens (primary N) is 1. The molecule has 2 aliphatic heterocycles. The zero-order valence-corrected chi connectivity index (χ0v) is 15.3. The Morgan fingerprint density at radius 2 is 2.12 bits per heavy atom. The molecule has 2 fully saturated rings. The van der Waals surface area contributed by atoms with Crippen LogP contribution in [0.1, 0.15) is 31.4 Å². The van der Waals surface area contributed by atoms with E-state index in [4.69, 9.17) is 22.1 Å². The fourth-order valence-corrected chi connectivity index (χ4v) is 3.87. The molecule has 1 amide bonds. The van der Waals surface area contributed by atoms with Gasteiger partial charge in [-0.1, -0.05) is 11.6 Å². The Labute approximate surface area is 154 Å². The van der Waals surface area contributed by atoms with Gasteiger partial charge in [0.15, 0.2) is 0 Å². The molecule has 1 aromatic heterocycles. The Morgan fingerprint density at radius 1 is 1.32 bits per heavy atom. The number of aromatic nitrogens is 1. The molecular formula is C18H27ClN4O2. The van der Waals surface area contributed by atoms with Crippen molar-refractivity contribution in [1.29, 1.82) is 0 Å². The monoisotopic (exact) mass is 366 g/mol. The molecule has 3 N–H and O–H groups in total. The van der Waals surface area contributed by atoms with Crippen molar-refractivity contribution in [3.05, 3.63) is 29.0 Å². The average molecular weight is 367 g/mol. The van der Waals surface area contributed by atoms with Crippen molar-refractivity contribution in [3.8, 4) is 0 Å². The van der Waals surface area contributed by atoms with Crippen LogP contribution < -0.4 is 11.1 Å². The van der Waals surface area contributed by atoms with Gasteiger partial charge in [0.2, 0.25) is 5.91 Å². The van der Waals surface area contributed by atoms with E-state index in [0.29, 0.717) is 23.3 Å². The van der Waals surface area contributed by atoms with Crippen LogP contribution in [0.3, 0.4) is 0 Å². The van der Waals surface area contributed by atoms with Gasteiger partial charge in [0.05, 0.1) is 23.2 Å². The molecule has 0 aromatic carbocycles. The number of hydrogen-bond acceptors (Lipinski definition) is 5. The Kier molecular flexibility index (Phi) is 6.64. The maximum Gasteiger partial charge on any atom is 0.224 e. The molecule has 7 heteroatoms. The minimum atomic E-state index is -0.0427. The first-order chi connectivity index (χ1) is 12.1. The number of rotatable bonds is 4. The quantitative estimate of drug-likeness (QED) is 0.845. The topological polar surface area (TPSA) is 80.5 Å². The first kappa shape index (κ1) is 18.6. The summed E-state index contributed by atoms with van der Waals surface area (Å²) < 4.78 is 5.47. The normalized spacial score (nSPS) is 26.2. The first-order valence-corrected chi connectivity index (χ1v) is 9.45. The SMILES string of the molecule is N[C@H]1CC[C@@H](C(=O)NCc2ncccc2Cl)CN(C2CCOCC2)C1. The number of carbonyl (C=O) groups excluding carboxylic acids is 1. The summed E-state index contributed by atoms with van der Waals surface area (Å²) in [6.45, 7) is 3.58. The highest BCUT2D eigenvalue weighted by Gasteiger charge is 2.31. The molecule has 0 radical (unpaired) electrons. The molecule has 138 valence electrons. The number of ether oxygens (including phenoxy) is 1. The fourth-order valence-electron chi connectivity index (χ4n) is 3.68. The summed E-state index contributed by atoms with van der Waals surface area (Å²) in [6.07, 6.45) is 5.42. The molecule has 2 aliphatic rings. The van der Waals surface area contributed by atoms with Crippen LogP contribution in [0.2, 0.25) is 5.02 Å². The lowest BCUT2D eigenvalue weighted by molar-refractivity contribution is -0.126. The highest BCUT2D eigenvalue weighted by atomic mass is 35.5. The van der Waals surface area contributed by atoms with Gasteiger partial charge in [0, 0.05) is 44.6 Å². The van der Waals surface area contributed by atoms with Gasteiger partial charge in [-0.25, -0.2) is 0 Å². The number of likely N-dealkylation sites (tertiary alicyclic amines) is 1. The van der Waals surface area contributed by atoms with Crippen LogP contribution in [-0.4, -0.2) is 54.2 Å². The van der Waals surface area contributed by atoms with E-state index in [2.05, 4.69) is 15.2 Å². The highest BCUT2D eigenvalue weighted by Crippen LogP contribution is 2.23. The minimum Gasteiger partial charge on any atom is -0.381 e. The van der Waals surface area contributed by atoms with Crippen LogP contribution >= 0.6 is 11.6 Å². The number of carbonyl (C=O) groups is 1. The van der Waals surface area contributed by atoms with E-state index in [-0.39, 0.29) is 17.9 Å². The maximum atomic E-state index is 12.7. The van der Waals surface area contributed by atoms with Crippen molar-refractivity contribution in [1.82, 2.24) is 15.2 Å². The zero-order valence-electron chi connectivity index (χ0n) is 14.5. The van der Waals surface area contributed by atoms with Crippen molar-refractivity contribution in [2.45, 2.75) is 44.3 Å². The van der Waals surface area contributed by atoms with E-state index in [1.807, 2.05) is 0 Å². The van der Waals surface area contributed by atoms with E-state index >= 15 is 0 Å². The fraction of sp³-hybridized carbons (Fsp3) is 0.667. The van der Waals surface area contributed by atoms with Crippen LogP contribution in [0.4, 0.5) is 0 Å². The summed E-state index contributed by atoms with van der Waals surface area (Å²) in [4.78, 5) is 19.3. The van der Waals surface area contributed by atoms with Crippen molar-refractivity contribution in [2.75, 3.05) is 26.3 Å². The van der Waals surface area contributed by atoms with Crippen molar-refractivity contribution < 1.29 is 9.53 Å². The third-order valence-corrected chi connectivity index (χ3v) is 5.50. The van der Waals surface area contributed by atoms with Gasteiger partial charge in [0.1, 0.15) is 0 Å². The molecule has 2 atom stereocenters. The van der Waals surface area contributed by atoms with Crippen LogP contribution in [0, 0.1) is 5.92 Å². The molecule has 0 bridgehead atoms. The second-order valence-corrected chi connectivity index (χ2v) is 7.39. The van der Waals surface area contributed by atoms with E-state index in [1.54, 1.807) is 18.3 Å². The number of nitrogens with one attached hydrogen (secondary N) is 1. The van der Waals surface area contributed by atoms with E-state index in [9.17, 15) is 4.79 Å². The highest BCUT2D eigenvalue weighted by molar-refractivity contribution is 6.31. The molecule has 25 heavy (non-hydrogen) atoms. The molecular weight excluding hydrogens is 340 g/mol. The van der Waals surface area contributed by atoms with Gasteiger partial charge in [-0.3, -0.25) is 14.7 Å². The van der Waals surface area contributed by atoms with Gasteiger partial charge in [0.25, 0.3) is 0 Å². The predicted molar refractivity (Wildman–Crippen MR) is 97.2 cm³/mol. The van der Waals surface area contributed by atoms with Crippen molar-refractivity contribution in [3.63, 3.8) is 0 Å². The number of halogens is 1. The lowest BCUT2D eigenvalue weighted by Gasteiger charge is -2.35. The van der Waals surface area contributed by atoms with Crippen LogP contribution in [0.5, 0.6) is 0 Å². The van der Waals surface area contributed by atoms with Crippen LogP contribution in [-0.2, 0) is 16.1 Å². The van der Waals surface area contributed by atoms with Gasteiger partial charge < -0.3 is 15.8 Å². The molecule has 0 saturated carbocycles. The second-order valence-electron chi connectivity index (χ2n) is 6.98. The molecule has 3 rings (SSSR count). The number of pyridine rings is 1. The van der Waals surface area contributed by atoms with Gasteiger partial charge in [-0.15, -0.1) is 0 Å². The third kappa shape index (κ3) is 5.14. The van der Waals surface area contributed by atoms with Crippen LogP contribution in [0.15, 0.2) is 18.3 Å². The molecule has 3 heterocycles. The number of hydrogen-bond donors (Lipinski definition) is 2. The molecule has 0 spiro atoms. The number of nitrogens with zero attached hydrogens (tertiary/aromatic N) is 2. The lowest BCUT2D eigenvalue weighted by Crippen LogP contribution is -2.47. The summed E-state index contributed by atoms with van der Waals surface area (Å²) in [5.74, 6) is 0.0201. The Morgan fingerprint density at radius 3 is 2.88 bits per heavy atom. The first-order valence-electron chi connectivity index (χ1n) is 9.08. The van der Waals surface area contributed by atoms with Gasteiger partial charge in [-0.2, -0.15) is 0 Å². The molecule has 0 unspecified atom stereocenters. The largest absolute Gasteiger partial charge is 0.381 e. The lowest BCUT2D eigenvalue weighted by atomic mass is 10.0. The molecule has 2 saturated heterocycles. The average Bonchev–Trinajstić information content (AvgIpc) is 2.83. The Bertz CT molecular complexity index is 580. The third-order valence-electron chi connectivity index (χ3n) is 5.15. The molecule has 0 aliphatic carbocycles. The standard InChI is InChI=1S/C18H27ClN4O2/c19-16-2-1-7-21-17(16)10-22-18(24)13-3-4-14(20)12-23(11-13)15-5-8-25-9-6-15/h1-2,7,13-15H,3-6,8-12,20H2,(H,22,24)/t13-,14+/m1/s1. The smallest absolute Gasteiger partial charge is 0.224 e. The van der Waals surface area contributed by atoms with Gasteiger partial charge >= 0.3 is 0 Å². The Hall–Kier alpha value is -1.21. The minimum absolute atomic E-state index is 0.0427. The summed E-state index contributed by atoms with van der Waals surface area (Å²) in [5.41, 5.74) is 6.95. The molecule has 6 nitrogen and oxygen atoms in total. The summed E-state index contributed by atoms with van der Waals surface area (Å²) >= 11 is 6.11.